The second kappa shape index (κ2) is 15.3. The highest BCUT2D eigenvalue weighted by molar-refractivity contribution is 7.86. The van der Waals surface area contributed by atoms with Gasteiger partial charge >= 0.3 is 5.97 Å². The molecule has 2 N–H and O–H groups in total. The maximum Gasteiger partial charge on any atom is 0.303 e. The summed E-state index contributed by atoms with van der Waals surface area (Å²) in [6.45, 7) is 8.65. The summed E-state index contributed by atoms with van der Waals surface area (Å²) < 4.78 is 34.4. The van der Waals surface area contributed by atoms with E-state index in [0.717, 1.165) is 43.8 Å². The van der Waals surface area contributed by atoms with Crippen molar-refractivity contribution in [3.05, 3.63) is 29.8 Å². The van der Waals surface area contributed by atoms with Gasteiger partial charge < -0.3 is 20.1 Å². The number of carbonyl (C=O) groups is 2. The largest absolute Gasteiger partial charge is 0.453 e. The van der Waals surface area contributed by atoms with Crippen molar-refractivity contribution in [2.75, 3.05) is 39.4 Å². The Morgan fingerprint density at radius 1 is 1.06 bits per heavy atom. The molecule has 0 unspecified atom stereocenters. The number of aliphatic hydroxyl groups excluding tert-OH is 1. The maximum atomic E-state index is 12.2. The Morgan fingerprint density at radius 3 is 2.19 bits per heavy atom. The Morgan fingerprint density at radius 2 is 1.64 bits per heavy atom. The molecule has 1 aromatic carbocycles. The van der Waals surface area contributed by atoms with Crippen LogP contribution in [0.15, 0.2) is 29.2 Å². The Balaban J connectivity index is 0.000000425. The van der Waals surface area contributed by atoms with Crippen molar-refractivity contribution in [3.8, 4) is 0 Å². The second-order valence-electron chi connectivity index (χ2n) is 9.60. The van der Waals surface area contributed by atoms with Crippen molar-refractivity contribution < 1.29 is 32.0 Å². The fraction of sp³-hybridized carbons (Fsp3) is 0.692. The lowest BCUT2D eigenvalue weighted by Gasteiger charge is -2.33. The molecule has 0 saturated carbocycles. The van der Waals surface area contributed by atoms with Crippen molar-refractivity contribution in [3.63, 3.8) is 0 Å². The molecule has 1 amide bonds. The molecule has 36 heavy (non-hydrogen) atoms. The van der Waals surface area contributed by atoms with E-state index in [0.29, 0.717) is 32.0 Å². The number of benzene rings is 1. The standard InChI is InChI=1S/C19H27NO6S.C7H15NO/c1-14-4-6-18(7-5-14)27(23,24)25-13-10-17-8-11-20(12-9-17)19(22)15(2)26-16(3)21;9-6-3-7-1-4-8-5-2-7/h4-7,15,17H,8-13H2,1-3H3;7-9H,1-6H2/t15-;/m0./s1. The third-order valence-corrected chi connectivity index (χ3v) is 8.01. The fourth-order valence-corrected chi connectivity index (χ4v) is 5.37. The first-order valence-corrected chi connectivity index (χ1v) is 14.3. The van der Waals surface area contributed by atoms with E-state index in [1.807, 2.05) is 6.92 Å². The van der Waals surface area contributed by atoms with Crippen LogP contribution in [0.4, 0.5) is 0 Å². The van der Waals surface area contributed by atoms with Crippen molar-refractivity contribution in [2.24, 2.45) is 11.8 Å². The number of hydrogen-bond acceptors (Lipinski definition) is 8. The minimum Gasteiger partial charge on any atom is -0.453 e. The van der Waals surface area contributed by atoms with E-state index < -0.39 is 22.2 Å². The van der Waals surface area contributed by atoms with E-state index in [1.165, 1.54) is 19.8 Å². The number of nitrogens with one attached hydrogen (secondary N) is 1. The monoisotopic (exact) mass is 526 g/mol. The van der Waals surface area contributed by atoms with E-state index >= 15 is 0 Å². The van der Waals surface area contributed by atoms with Gasteiger partial charge in [0.05, 0.1) is 11.5 Å². The molecular formula is C26H42N2O7S. The van der Waals surface area contributed by atoms with E-state index in [-0.39, 0.29) is 17.4 Å². The van der Waals surface area contributed by atoms with E-state index in [2.05, 4.69) is 5.32 Å². The molecule has 0 aliphatic carbocycles. The summed E-state index contributed by atoms with van der Waals surface area (Å²) >= 11 is 0. The van der Waals surface area contributed by atoms with Gasteiger partial charge in [-0.05, 0) is 89.4 Å². The number of rotatable bonds is 9. The van der Waals surface area contributed by atoms with Gasteiger partial charge in [0.2, 0.25) is 0 Å². The molecule has 3 rings (SSSR count). The zero-order valence-electron chi connectivity index (χ0n) is 21.8. The van der Waals surface area contributed by atoms with Crippen molar-refractivity contribution in [2.45, 2.75) is 70.3 Å². The van der Waals surface area contributed by atoms with Crippen LogP contribution in [-0.4, -0.2) is 75.8 Å². The van der Waals surface area contributed by atoms with Gasteiger partial charge in [-0.25, -0.2) is 0 Å². The molecule has 2 aliphatic heterocycles. The van der Waals surface area contributed by atoms with Crippen LogP contribution in [0, 0.1) is 18.8 Å². The van der Waals surface area contributed by atoms with Gasteiger partial charge in [-0.1, -0.05) is 17.7 Å². The SMILES string of the molecule is CC(=O)O[C@@H](C)C(=O)N1CCC(CCOS(=O)(=O)c2ccc(C)cc2)CC1.OCCC1CCNCC1. The summed E-state index contributed by atoms with van der Waals surface area (Å²) in [5.74, 6) is 0.419. The molecule has 2 fully saturated rings. The Labute approximate surface area is 215 Å². The van der Waals surface area contributed by atoms with Gasteiger partial charge in [0, 0.05) is 26.6 Å². The average molecular weight is 527 g/mol. The Hall–Kier alpha value is -2.01. The fourth-order valence-electron chi connectivity index (χ4n) is 4.45. The summed E-state index contributed by atoms with van der Waals surface area (Å²) in [6, 6.07) is 6.55. The number of hydrogen-bond donors (Lipinski definition) is 2. The lowest BCUT2D eigenvalue weighted by atomic mass is 9.94. The highest BCUT2D eigenvalue weighted by atomic mass is 32.2. The molecule has 10 heteroatoms. The molecule has 2 aliphatic rings. The number of piperidine rings is 2. The molecule has 1 atom stereocenters. The summed E-state index contributed by atoms with van der Waals surface area (Å²) in [5, 5.41) is 11.9. The molecule has 2 saturated heterocycles. The summed E-state index contributed by atoms with van der Waals surface area (Å²) in [5.41, 5.74) is 0.985. The van der Waals surface area contributed by atoms with Crippen molar-refractivity contribution in [1.29, 1.82) is 0 Å². The van der Waals surface area contributed by atoms with Crippen LogP contribution < -0.4 is 5.32 Å². The first kappa shape index (κ1) is 30.2. The van der Waals surface area contributed by atoms with Gasteiger partial charge in [-0.3, -0.25) is 13.8 Å². The smallest absolute Gasteiger partial charge is 0.303 e. The zero-order chi connectivity index (χ0) is 26.6. The number of amides is 1. The van der Waals surface area contributed by atoms with Crippen LogP contribution in [0.1, 0.15) is 57.9 Å². The number of aryl methyl sites for hydroxylation is 1. The zero-order valence-corrected chi connectivity index (χ0v) is 22.6. The molecule has 0 spiro atoms. The number of esters is 1. The molecule has 0 bridgehead atoms. The third kappa shape index (κ3) is 10.5. The van der Waals surface area contributed by atoms with Crippen LogP contribution in [0.5, 0.6) is 0 Å². The predicted molar refractivity (Wildman–Crippen MR) is 137 cm³/mol. The van der Waals surface area contributed by atoms with Crippen LogP contribution in [0.3, 0.4) is 0 Å². The van der Waals surface area contributed by atoms with Gasteiger partial charge in [-0.2, -0.15) is 8.42 Å². The van der Waals surface area contributed by atoms with Crippen LogP contribution in [0.25, 0.3) is 0 Å². The molecular weight excluding hydrogens is 484 g/mol. The van der Waals surface area contributed by atoms with E-state index in [9.17, 15) is 18.0 Å². The number of ether oxygens (including phenoxy) is 1. The molecule has 9 nitrogen and oxygen atoms in total. The Kier molecular flexibility index (Phi) is 12.8. The number of aliphatic hydroxyl groups is 1. The highest BCUT2D eigenvalue weighted by Gasteiger charge is 2.27. The normalized spacial score (nSPS) is 18.2. The topological polar surface area (TPSA) is 122 Å². The first-order chi connectivity index (χ1) is 17.1. The molecule has 204 valence electrons. The van der Waals surface area contributed by atoms with Gasteiger partial charge in [0.1, 0.15) is 0 Å². The Bertz CT molecular complexity index is 904. The summed E-state index contributed by atoms with van der Waals surface area (Å²) in [4.78, 5) is 25.0. The van der Waals surface area contributed by atoms with Gasteiger partial charge in [-0.15, -0.1) is 0 Å². The quantitative estimate of drug-likeness (QED) is 0.372. The summed E-state index contributed by atoms with van der Waals surface area (Å²) in [6.07, 6.45) is 4.89. The minimum atomic E-state index is -3.74. The van der Waals surface area contributed by atoms with E-state index in [1.54, 1.807) is 36.1 Å². The first-order valence-electron chi connectivity index (χ1n) is 12.9. The van der Waals surface area contributed by atoms with Crippen molar-refractivity contribution >= 4 is 22.0 Å². The van der Waals surface area contributed by atoms with Crippen LogP contribution >= 0.6 is 0 Å². The lowest BCUT2D eigenvalue weighted by molar-refractivity contribution is -0.158. The molecule has 0 aromatic heterocycles. The van der Waals surface area contributed by atoms with Gasteiger partial charge in [0.25, 0.3) is 16.0 Å². The number of carbonyl (C=O) groups excluding carboxylic acids is 2. The van der Waals surface area contributed by atoms with Crippen molar-refractivity contribution in [1.82, 2.24) is 10.2 Å². The molecule has 1 aromatic rings. The number of likely N-dealkylation sites (tertiary alicyclic amines) is 1. The maximum absolute atomic E-state index is 12.2. The molecule has 0 radical (unpaired) electrons. The van der Waals surface area contributed by atoms with Crippen LogP contribution in [-0.2, 0) is 28.6 Å². The number of nitrogens with zero attached hydrogens (tertiary/aromatic N) is 1. The molecule has 2 heterocycles. The predicted octanol–water partition coefficient (Wildman–Crippen LogP) is 2.65. The second-order valence-corrected chi connectivity index (χ2v) is 11.2. The van der Waals surface area contributed by atoms with Gasteiger partial charge in [0.15, 0.2) is 6.10 Å². The average Bonchev–Trinajstić information content (AvgIpc) is 2.85. The highest BCUT2D eigenvalue weighted by Crippen LogP contribution is 2.22. The van der Waals surface area contributed by atoms with E-state index in [4.69, 9.17) is 14.0 Å². The van der Waals surface area contributed by atoms with Crippen LogP contribution in [0.2, 0.25) is 0 Å². The minimum absolute atomic E-state index is 0.124. The third-order valence-electron chi connectivity index (χ3n) is 6.69. The lowest BCUT2D eigenvalue weighted by Crippen LogP contribution is -2.44. The summed E-state index contributed by atoms with van der Waals surface area (Å²) in [7, 11) is -3.74.